The lowest BCUT2D eigenvalue weighted by Gasteiger charge is -2.03. The molecule has 0 saturated carbocycles. The van der Waals surface area contributed by atoms with Crippen LogP contribution in [-0.4, -0.2) is 30.4 Å². The van der Waals surface area contributed by atoms with Crippen molar-refractivity contribution in [3.05, 3.63) is 44.8 Å². The SMILES string of the molecule is COC(=O)/C=C1/S/C(=N\N=Cc2cc(C)c(Cl)c(C)c2)NC1=O. The minimum absolute atomic E-state index is 0.212. The molecule has 1 aromatic carbocycles. The molecule has 1 amide bonds. The topological polar surface area (TPSA) is 80.1 Å². The van der Waals surface area contributed by atoms with Crippen LogP contribution in [0, 0.1) is 13.8 Å². The summed E-state index contributed by atoms with van der Waals surface area (Å²) in [5.41, 5.74) is 2.76. The van der Waals surface area contributed by atoms with Crippen molar-refractivity contribution < 1.29 is 14.3 Å². The third kappa shape index (κ3) is 4.43. The Kier molecular flexibility index (Phi) is 5.57. The van der Waals surface area contributed by atoms with E-state index >= 15 is 0 Å². The van der Waals surface area contributed by atoms with E-state index in [1.165, 1.54) is 7.11 Å². The Labute approximate surface area is 142 Å². The molecule has 2 rings (SSSR count). The van der Waals surface area contributed by atoms with Crippen LogP contribution in [0.15, 0.2) is 33.3 Å². The molecule has 1 aliphatic rings. The quantitative estimate of drug-likeness (QED) is 0.393. The average Bonchev–Trinajstić information content (AvgIpc) is 2.84. The van der Waals surface area contributed by atoms with Crippen molar-refractivity contribution in [2.45, 2.75) is 13.8 Å². The molecule has 0 radical (unpaired) electrons. The molecule has 8 heteroatoms. The summed E-state index contributed by atoms with van der Waals surface area (Å²) in [6, 6.07) is 3.78. The van der Waals surface area contributed by atoms with Crippen molar-refractivity contribution in [1.29, 1.82) is 0 Å². The highest BCUT2D eigenvalue weighted by Crippen LogP contribution is 2.24. The van der Waals surface area contributed by atoms with Crippen LogP contribution in [0.5, 0.6) is 0 Å². The largest absolute Gasteiger partial charge is 0.466 e. The molecule has 0 atom stereocenters. The number of amides is 1. The second-order valence-electron chi connectivity index (χ2n) is 4.71. The van der Waals surface area contributed by atoms with Gasteiger partial charge in [0.25, 0.3) is 5.91 Å². The highest BCUT2D eigenvalue weighted by atomic mass is 35.5. The van der Waals surface area contributed by atoms with E-state index in [2.05, 4.69) is 20.3 Å². The van der Waals surface area contributed by atoms with Crippen molar-refractivity contribution in [1.82, 2.24) is 5.32 Å². The van der Waals surface area contributed by atoms with Crippen LogP contribution in [0.4, 0.5) is 0 Å². The van der Waals surface area contributed by atoms with Gasteiger partial charge in [-0.3, -0.25) is 10.1 Å². The summed E-state index contributed by atoms with van der Waals surface area (Å²) in [5.74, 6) is -1.01. The van der Waals surface area contributed by atoms with Crippen LogP contribution in [0.2, 0.25) is 5.02 Å². The zero-order chi connectivity index (χ0) is 17.0. The lowest BCUT2D eigenvalue weighted by molar-refractivity contribution is -0.135. The highest BCUT2D eigenvalue weighted by molar-refractivity contribution is 8.18. The summed E-state index contributed by atoms with van der Waals surface area (Å²) in [4.78, 5) is 23.0. The number of rotatable bonds is 3. The van der Waals surface area contributed by atoms with Crippen molar-refractivity contribution >= 4 is 46.6 Å². The summed E-state index contributed by atoms with van der Waals surface area (Å²) in [5, 5.41) is 11.4. The first-order chi connectivity index (χ1) is 10.9. The number of hydrogen-bond acceptors (Lipinski definition) is 6. The predicted molar refractivity (Wildman–Crippen MR) is 91.8 cm³/mol. The first kappa shape index (κ1) is 17.2. The van der Waals surface area contributed by atoms with Gasteiger partial charge < -0.3 is 4.74 Å². The molecule has 0 bridgehead atoms. The molecule has 0 spiro atoms. The Balaban J connectivity index is 2.11. The van der Waals surface area contributed by atoms with Crippen molar-refractivity contribution in [3.8, 4) is 0 Å². The number of amidine groups is 1. The van der Waals surface area contributed by atoms with Gasteiger partial charge in [-0.15, -0.1) is 5.10 Å². The number of thioether (sulfide) groups is 1. The number of benzene rings is 1. The molecule has 1 fully saturated rings. The monoisotopic (exact) mass is 351 g/mol. The Morgan fingerprint density at radius 2 is 2.00 bits per heavy atom. The van der Waals surface area contributed by atoms with Gasteiger partial charge in [-0.25, -0.2) is 4.79 Å². The molecule has 1 aliphatic heterocycles. The summed E-state index contributed by atoms with van der Waals surface area (Å²) < 4.78 is 4.48. The van der Waals surface area contributed by atoms with E-state index < -0.39 is 11.9 Å². The molecule has 0 unspecified atom stereocenters. The Morgan fingerprint density at radius 1 is 1.35 bits per heavy atom. The molecule has 1 saturated heterocycles. The van der Waals surface area contributed by atoms with Gasteiger partial charge in [0.2, 0.25) is 0 Å². The van der Waals surface area contributed by atoms with E-state index in [1.807, 2.05) is 26.0 Å². The fraction of sp³-hybridized carbons (Fsp3) is 0.200. The summed E-state index contributed by atoms with van der Waals surface area (Å²) >= 11 is 7.13. The molecular weight excluding hydrogens is 338 g/mol. The molecule has 0 aromatic heterocycles. The van der Waals surface area contributed by atoms with Gasteiger partial charge in [-0.05, 0) is 54.4 Å². The van der Waals surface area contributed by atoms with Gasteiger partial charge in [-0.2, -0.15) is 5.10 Å². The minimum Gasteiger partial charge on any atom is -0.466 e. The van der Waals surface area contributed by atoms with Gasteiger partial charge in [-0.1, -0.05) is 11.6 Å². The number of nitrogens with one attached hydrogen (secondary N) is 1. The van der Waals surface area contributed by atoms with Gasteiger partial charge in [0.05, 0.1) is 18.2 Å². The van der Waals surface area contributed by atoms with E-state index in [0.717, 1.165) is 39.6 Å². The highest BCUT2D eigenvalue weighted by Gasteiger charge is 2.24. The maximum Gasteiger partial charge on any atom is 0.331 e. The van der Waals surface area contributed by atoms with Crippen LogP contribution < -0.4 is 5.32 Å². The molecular formula is C15H14ClN3O3S. The number of halogens is 1. The Morgan fingerprint density at radius 3 is 2.61 bits per heavy atom. The first-order valence-electron chi connectivity index (χ1n) is 6.57. The van der Waals surface area contributed by atoms with Crippen LogP contribution in [0.1, 0.15) is 16.7 Å². The summed E-state index contributed by atoms with van der Waals surface area (Å²) in [6.45, 7) is 3.82. The number of carbonyl (C=O) groups is 2. The Bertz CT molecular complexity index is 733. The normalized spacial score (nSPS) is 18.0. The average molecular weight is 352 g/mol. The Hall–Kier alpha value is -2.12. The second-order valence-corrected chi connectivity index (χ2v) is 6.11. The number of carbonyl (C=O) groups excluding carboxylic acids is 2. The third-order valence-electron chi connectivity index (χ3n) is 2.92. The number of esters is 1. The maximum atomic E-state index is 11.6. The molecule has 6 nitrogen and oxygen atoms in total. The van der Waals surface area contributed by atoms with E-state index in [4.69, 9.17) is 11.6 Å². The van der Waals surface area contributed by atoms with Crippen LogP contribution >= 0.6 is 23.4 Å². The van der Waals surface area contributed by atoms with Crippen LogP contribution in [0.3, 0.4) is 0 Å². The number of methoxy groups -OCH3 is 1. The maximum absolute atomic E-state index is 11.6. The van der Waals surface area contributed by atoms with E-state index in [-0.39, 0.29) is 4.91 Å². The van der Waals surface area contributed by atoms with Crippen molar-refractivity contribution in [2.75, 3.05) is 7.11 Å². The van der Waals surface area contributed by atoms with Crippen molar-refractivity contribution in [3.63, 3.8) is 0 Å². The van der Waals surface area contributed by atoms with Gasteiger partial charge in [0, 0.05) is 11.1 Å². The lowest BCUT2D eigenvalue weighted by atomic mass is 10.1. The fourth-order valence-corrected chi connectivity index (χ4v) is 2.69. The molecule has 0 aliphatic carbocycles. The molecule has 1 N–H and O–H groups in total. The van der Waals surface area contributed by atoms with Gasteiger partial charge in [0.15, 0.2) is 5.17 Å². The van der Waals surface area contributed by atoms with Gasteiger partial charge in [0.1, 0.15) is 0 Å². The number of nitrogens with zero attached hydrogens (tertiary/aromatic N) is 2. The molecule has 23 heavy (non-hydrogen) atoms. The number of aryl methyl sites for hydroxylation is 2. The molecule has 120 valence electrons. The summed E-state index contributed by atoms with van der Waals surface area (Å²) in [7, 11) is 1.24. The zero-order valence-corrected chi connectivity index (χ0v) is 14.3. The minimum atomic E-state index is -0.598. The standard InChI is InChI=1S/C15H14ClN3O3S/c1-8-4-10(5-9(2)13(8)16)7-17-19-15-18-14(21)11(23-15)6-12(20)22-3/h4-7H,1-3H3,(H,18,19,21)/b11-6+,17-7?. The van der Waals surface area contributed by atoms with Crippen molar-refractivity contribution in [2.24, 2.45) is 10.2 Å². The van der Waals surface area contributed by atoms with E-state index in [1.54, 1.807) is 6.21 Å². The van der Waals surface area contributed by atoms with Gasteiger partial charge >= 0.3 is 5.97 Å². The smallest absolute Gasteiger partial charge is 0.331 e. The van der Waals surface area contributed by atoms with E-state index in [0.29, 0.717) is 5.17 Å². The number of ether oxygens (including phenoxy) is 1. The fourth-order valence-electron chi connectivity index (χ4n) is 1.84. The summed E-state index contributed by atoms with van der Waals surface area (Å²) in [6.07, 6.45) is 2.68. The third-order valence-corrected chi connectivity index (χ3v) is 4.41. The molecule has 1 aromatic rings. The lowest BCUT2D eigenvalue weighted by Crippen LogP contribution is -2.19. The van der Waals surface area contributed by atoms with Crippen LogP contribution in [-0.2, 0) is 14.3 Å². The number of hydrogen-bond donors (Lipinski definition) is 1. The first-order valence-corrected chi connectivity index (χ1v) is 7.76. The van der Waals surface area contributed by atoms with E-state index in [9.17, 15) is 9.59 Å². The van der Waals surface area contributed by atoms with Crippen LogP contribution in [0.25, 0.3) is 0 Å². The zero-order valence-electron chi connectivity index (χ0n) is 12.7. The predicted octanol–water partition coefficient (Wildman–Crippen LogP) is 2.57. The second kappa shape index (κ2) is 7.43. The molecule has 1 heterocycles.